The highest BCUT2D eigenvalue weighted by atomic mass is 16.6. The molecule has 0 unspecified atom stereocenters. The molecule has 6 fully saturated rings. The third-order valence-corrected chi connectivity index (χ3v) is 13.4. The van der Waals surface area contributed by atoms with E-state index in [2.05, 4.69) is 50.8 Å². The molecule has 2 saturated carbocycles. The molecule has 0 spiro atoms. The van der Waals surface area contributed by atoms with Gasteiger partial charge in [0.05, 0.1) is 18.8 Å². The Morgan fingerprint density at radius 2 is 1.07 bits per heavy atom. The summed E-state index contributed by atoms with van der Waals surface area (Å²) in [5.74, 6) is 0. The molecular formula is C47H80N6O6. The van der Waals surface area contributed by atoms with E-state index in [0.717, 1.165) is 104 Å². The molecule has 4 heterocycles. The Hall–Kier alpha value is -2.48. The minimum Gasteiger partial charge on any atom is -0.444 e. The van der Waals surface area contributed by atoms with E-state index in [9.17, 15) is 14.7 Å². The lowest BCUT2D eigenvalue weighted by Gasteiger charge is -2.40. The van der Waals surface area contributed by atoms with Crippen LogP contribution in [-0.2, 0) is 20.8 Å². The lowest BCUT2D eigenvalue weighted by Crippen LogP contribution is -2.53. The number of carbonyl (C=O) groups is 2. The summed E-state index contributed by atoms with van der Waals surface area (Å²) >= 11 is 0. The van der Waals surface area contributed by atoms with Crippen LogP contribution in [0.3, 0.4) is 0 Å². The number of benzene rings is 1. The summed E-state index contributed by atoms with van der Waals surface area (Å²) in [7, 11) is 0. The third kappa shape index (κ3) is 14.6. The first-order chi connectivity index (χ1) is 28.2. The number of amides is 2. The van der Waals surface area contributed by atoms with Gasteiger partial charge in [-0.25, -0.2) is 9.59 Å². The first-order valence-corrected chi connectivity index (χ1v) is 23.5. The molecule has 4 aliphatic heterocycles. The molecule has 334 valence electrons. The van der Waals surface area contributed by atoms with Gasteiger partial charge in [-0.1, -0.05) is 56.0 Å². The molecule has 0 bridgehead atoms. The van der Waals surface area contributed by atoms with Gasteiger partial charge in [0.2, 0.25) is 0 Å². The second-order valence-electron chi connectivity index (χ2n) is 20.4. The number of ether oxygens (including phenoxy) is 3. The van der Waals surface area contributed by atoms with E-state index < -0.39 is 11.2 Å². The van der Waals surface area contributed by atoms with Crippen molar-refractivity contribution in [1.82, 2.24) is 30.2 Å². The number of nitrogens with zero attached hydrogens (tertiary/aromatic N) is 4. The number of likely N-dealkylation sites (tertiary alicyclic amines) is 4. The predicted octanol–water partition coefficient (Wildman–Crippen LogP) is 6.93. The van der Waals surface area contributed by atoms with Gasteiger partial charge in [-0.05, 0) is 137 Å². The number of aliphatic hydroxyl groups is 1. The van der Waals surface area contributed by atoms with Gasteiger partial charge in [0.25, 0.3) is 0 Å². The van der Waals surface area contributed by atoms with Gasteiger partial charge in [0.1, 0.15) is 11.2 Å². The highest BCUT2D eigenvalue weighted by Gasteiger charge is 2.37. The molecule has 0 radical (unpaired) electrons. The monoisotopic (exact) mass is 825 g/mol. The van der Waals surface area contributed by atoms with E-state index in [1.807, 2.05) is 51.3 Å². The van der Waals surface area contributed by atoms with E-state index in [1.165, 1.54) is 44.1 Å². The minimum atomic E-state index is -0.430. The zero-order valence-corrected chi connectivity index (χ0v) is 37.5. The minimum absolute atomic E-state index is 0.166. The van der Waals surface area contributed by atoms with Crippen LogP contribution < -0.4 is 10.6 Å². The Labute approximate surface area is 356 Å². The van der Waals surface area contributed by atoms with E-state index in [4.69, 9.17) is 14.2 Å². The molecule has 6 aliphatic rings. The van der Waals surface area contributed by atoms with Crippen molar-refractivity contribution in [3.8, 4) is 0 Å². The molecule has 1 aromatic rings. The summed E-state index contributed by atoms with van der Waals surface area (Å²) in [5.41, 5.74) is 0.399. The van der Waals surface area contributed by atoms with Gasteiger partial charge in [-0.3, -0.25) is 9.80 Å². The van der Waals surface area contributed by atoms with Gasteiger partial charge in [0.15, 0.2) is 0 Å². The molecule has 3 N–H and O–H groups in total. The van der Waals surface area contributed by atoms with E-state index in [0.29, 0.717) is 42.9 Å². The van der Waals surface area contributed by atoms with Crippen molar-refractivity contribution in [2.75, 3.05) is 52.4 Å². The number of carbonyl (C=O) groups excluding carboxylic acids is 2. The van der Waals surface area contributed by atoms with Gasteiger partial charge in [0, 0.05) is 62.4 Å². The van der Waals surface area contributed by atoms with Gasteiger partial charge < -0.3 is 39.8 Å². The average Bonchev–Trinajstić information content (AvgIpc) is 3.91. The molecule has 1 aromatic carbocycles. The molecule has 12 heteroatoms. The molecule has 6 atom stereocenters. The lowest BCUT2D eigenvalue weighted by molar-refractivity contribution is -0.0111. The second-order valence-corrected chi connectivity index (χ2v) is 20.4. The molecule has 2 amide bonds. The zero-order chi connectivity index (χ0) is 42.0. The van der Waals surface area contributed by atoms with Gasteiger partial charge in [-0.15, -0.1) is 0 Å². The molecule has 7 rings (SSSR count). The molecule has 2 aliphatic carbocycles. The smallest absolute Gasteiger partial charge is 0.410 e. The molecule has 12 nitrogen and oxygen atoms in total. The summed E-state index contributed by atoms with van der Waals surface area (Å²) in [6.07, 6.45) is 15.9. The number of piperidine rings is 2. The van der Waals surface area contributed by atoms with Crippen LogP contribution in [0.15, 0.2) is 30.3 Å². The van der Waals surface area contributed by atoms with Crippen LogP contribution in [0.4, 0.5) is 9.59 Å². The van der Waals surface area contributed by atoms with Crippen molar-refractivity contribution in [2.24, 2.45) is 0 Å². The maximum Gasteiger partial charge on any atom is 0.410 e. The highest BCUT2D eigenvalue weighted by Crippen LogP contribution is 2.28. The molecular weight excluding hydrogens is 745 g/mol. The number of hydrogen-bond acceptors (Lipinski definition) is 10. The van der Waals surface area contributed by atoms with Crippen molar-refractivity contribution in [1.29, 1.82) is 0 Å². The van der Waals surface area contributed by atoms with Crippen molar-refractivity contribution in [3.63, 3.8) is 0 Å². The molecule has 0 aromatic heterocycles. The quantitative estimate of drug-likeness (QED) is 0.242. The van der Waals surface area contributed by atoms with Crippen LogP contribution >= 0.6 is 0 Å². The maximum absolute atomic E-state index is 12.4. The SMILES string of the molecule is CC(C)(C)OC(=O)N1CC[C@H](N2CCC(N[C@H]3CCCC[C@@H]3O)CC2)C1.CC(C)(C)OC(=O)N1CC[C@H](N2CCC(N[C@H]3CCCC[C@@H]3OCc3ccccc3)CC2)C1. The summed E-state index contributed by atoms with van der Waals surface area (Å²) in [5, 5.41) is 17.8. The van der Waals surface area contributed by atoms with Crippen LogP contribution in [0.1, 0.15) is 137 Å². The fraction of sp³-hybridized carbons (Fsp3) is 0.830. The van der Waals surface area contributed by atoms with Crippen molar-refractivity contribution in [3.05, 3.63) is 35.9 Å². The number of rotatable bonds is 9. The topological polar surface area (TPSA) is 119 Å². The molecule has 4 saturated heterocycles. The zero-order valence-electron chi connectivity index (χ0n) is 37.5. The van der Waals surface area contributed by atoms with Crippen LogP contribution in [0, 0.1) is 0 Å². The van der Waals surface area contributed by atoms with Crippen molar-refractivity contribution >= 4 is 12.2 Å². The van der Waals surface area contributed by atoms with Crippen LogP contribution in [0.25, 0.3) is 0 Å². The van der Waals surface area contributed by atoms with Crippen molar-refractivity contribution in [2.45, 2.75) is 198 Å². The average molecular weight is 825 g/mol. The summed E-state index contributed by atoms with van der Waals surface area (Å²) < 4.78 is 17.4. The third-order valence-electron chi connectivity index (χ3n) is 13.4. The van der Waals surface area contributed by atoms with Crippen LogP contribution in [-0.4, -0.2) is 149 Å². The number of hydrogen-bond donors (Lipinski definition) is 3. The van der Waals surface area contributed by atoms with Gasteiger partial charge >= 0.3 is 12.2 Å². The predicted molar refractivity (Wildman–Crippen MR) is 233 cm³/mol. The first kappa shape index (κ1) is 46.0. The summed E-state index contributed by atoms with van der Waals surface area (Å²) in [4.78, 5) is 33.5. The summed E-state index contributed by atoms with van der Waals surface area (Å²) in [6.45, 7) is 19.8. The Morgan fingerprint density at radius 3 is 1.56 bits per heavy atom. The Bertz CT molecular complexity index is 1420. The van der Waals surface area contributed by atoms with E-state index in [-0.39, 0.29) is 24.3 Å². The largest absolute Gasteiger partial charge is 0.444 e. The standard InChI is InChI=1S/C27H43N3O3.C20H37N3O3/c1-27(2,3)33-26(31)30-18-15-23(19-30)29-16-13-22(14-17-29)28-24-11-7-8-12-25(24)32-20-21-9-5-4-6-10-21;1-20(2,3)26-19(25)23-13-10-16(14-23)22-11-8-15(9-12-22)21-17-6-4-5-7-18(17)24/h4-6,9-10,22-25,28H,7-8,11-20H2,1-3H3;15-18,21,24H,4-14H2,1-3H3/t23-,24-,25-;16-,17-,18-/m00/s1. The highest BCUT2D eigenvalue weighted by molar-refractivity contribution is 5.69. The lowest BCUT2D eigenvalue weighted by atomic mass is 9.90. The molecule has 59 heavy (non-hydrogen) atoms. The van der Waals surface area contributed by atoms with Gasteiger partial charge in [-0.2, -0.15) is 0 Å². The second kappa shape index (κ2) is 21.5. The Kier molecular flexibility index (Phi) is 16.8. The van der Waals surface area contributed by atoms with Crippen LogP contribution in [0.5, 0.6) is 0 Å². The Balaban J connectivity index is 0.000000204. The fourth-order valence-electron chi connectivity index (χ4n) is 10.1. The summed E-state index contributed by atoms with van der Waals surface area (Å²) in [6, 6.07) is 13.3. The first-order valence-electron chi connectivity index (χ1n) is 23.5. The number of aliphatic hydroxyl groups excluding tert-OH is 1. The van der Waals surface area contributed by atoms with E-state index in [1.54, 1.807) is 0 Å². The number of nitrogens with one attached hydrogen (secondary N) is 2. The maximum atomic E-state index is 12.4. The van der Waals surface area contributed by atoms with Crippen molar-refractivity contribution < 1.29 is 28.9 Å². The normalized spacial score (nSPS) is 29.5. The fourth-order valence-corrected chi connectivity index (χ4v) is 10.1. The van der Waals surface area contributed by atoms with Crippen LogP contribution in [0.2, 0.25) is 0 Å². The van der Waals surface area contributed by atoms with E-state index >= 15 is 0 Å². The Morgan fingerprint density at radius 1 is 0.610 bits per heavy atom.